The molecule has 2 aromatic carbocycles. The fourth-order valence-electron chi connectivity index (χ4n) is 2.55. The monoisotopic (exact) mass is 341 g/mol. The minimum Gasteiger partial charge on any atom is -0.489 e. The van der Waals surface area contributed by atoms with Gasteiger partial charge in [0.05, 0.1) is 0 Å². The van der Waals surface area contributed by atoms with Gasteiger partial charge in [0.15, 0.2) is 0 Å². The number of fused-ring (bicyclic) bond motifs is 1. The lowest BCUT2D eigenvalue weighted by atomic mass is 10.1. The maximum Gasteiger partial charge on any atom is 0.336 e. The van der Waals surface area contributed by atoms with Gasteiger partial charge in [0.1, 0.15) is 23.8 Å². The second kappa shape index (κ2) is 7.49. The Kier molecular flexibility index (Phi) is 5.14. The van der Waals surface area contributed by atoms with Crippen molar-refractivity contribution in [2.45, 2.75) is 33.0 Å². The van der Waals surface area contributed by atoms with Crippen LogP contribution in [0.1, 0.15) is 25.0 Å². The fourth-order valence-corrected chi connectivity index (χ4v) is 2.55. The highest BCUT2D eigenvalue weighted by atomic mass is 19.1. The van der Waals surface area contributed by atoms with Crippen LogP contribution in [0.3, 0.4) is 0 Å². The van der Waals surface area contributed by atoms with Crippen LogP contribution >= 0.6 is 0 Å². The lowest BCUT2D eigenvalue weighted by Gasteiger charge is -2.11. The maximum absolute atomic E-state index is 13.2. The normalized spacial score (nSPS) is 11.2. The lowest BCUT2D eigenvalue weighted by Crippen LogP contribution is -2.22. The zero-order valence-electron chi connectivity index (χ0n) is 14.2. The largest absolute Gasteiger partial charge is 0.489 e. The van der Waals surface area contributed by atoms with Crippen LogP contribution in [0.2, 0.25) is 0 Å². The van der Waals surface area contributed by atoms with Gasteiger partial charge >= 0.3 is 5.63 Å². The number of halogens is 1. The number of hydrogen-bond donors (Lipinski definition) is 1. The minimum absolute atomic E-state index is 0.238. The van der Waals surface area contributed by atoms with E-state index in [0.717, 1.165) is 16.5 Å². The first kappa shape index (κ1) is 17.2. The van der Waals surface area contributed by atoms with Crippen LogP contribution in [0.5, 0.6) is 5.75 Å². The van der Waals surface area contributed by atoms with Crippen molar-refractivity contribution < 1.29 is 13.5 Å². The summed E-state index contributed by atoms with van der Waals surface area (Å²) in [7, 11) is 0. The third kappa shape index (κ3) is 4.45. The molecule has 0 spiro atoms. The molecule has 1 heterocycles. The van der Waals surface area contributed by atoms with Crippen molar-refractivity contribution in [1.29, 1.82) is 0 Å². The molecule has 0 radical (unpaired) electrons. The van der Waals surface area contributed by atoms with Crippen molar-refractivity contribution >= 4 is 11.0 Å². The third-order valence-corrected chi connectivity index (χ3v) is 3.80. The number of benzene rings is 2. The molecule has 3 aromatic rings. The molecule has 0 aliphatic carbocycles. The van der Waals surface area contributed by atoms with Crippen molar-refractivity contribution in [1.82, 2.24) is 5.32 Å². The fraction of sp³-hybridized carbons (Fsp3) is 0.250. The number of hydrogen-bond acceptors (Lipinski definition) is 4. The Morgan fingerprint density at radius 1 is 1.16 bits per heavy atom. The Morgan fingerprint density at radius 3 is 2.76 bits per heavy atom. The zero-order valence-corrected chi connectivity index (χ0v) is 14.2. The summed E-state index contributed by atoms with van der Waals surface area (Å²) < 4.78 is 24.2. The van der Waals surface area contributed by atoms with Crippen molar-refractivity contribution in [2.24, 2.45) is 0 Å². The summed E-state index contributed by atoms with van der Waals surface area (Å²) in [6, 6.07) is 13.5. The molecule has 1 N–H and O–H groups in total. The summed E-state index contributed by atoms with van der Waals surface area (Å²) in [5, 5.41) is 4.17. The molecule has 130 valence electrons. The van der Waals surface area contributed by atoms with Crippen LogP contribution in [-0.2, 0) is 13.2 Å². The first-order chi connectivity index (χ1) is 12.0. The Labute approximate surface area is 145 Å². The van der Waals surface area contributed by atoms with Crippen molar-refractivity contribution in [3.63, 3.8) is 0 Å². The molecule has 1 aromatic heterocycles. The molecule has 25 heavy (non-hydrogen) atoms. The summed E-state index contributed by atoms with van der Waals surface area (Å²) in [4.78, 5) is 11.8. The van der Waals surface area contributed by atoms with E-state index in [1.54, 1.807) is 18.2 Å². The van der Waals surface area contributed by atoms with Gasteiger partial charge in [-0.25, -0.2) is 9.18 Å². The quantitative estimate of drug-likeness (QED) is 0.688. The molecule has 4 nitrogen and oxygen atoms in total. The Bertz CT molecular complexity index is 934. The predicted molar refractivity (Wildman–Crippen MR) is 95.2 cm³/mol. The molecule has 0 aliphatic rings. The second-order valence-electron chi connectivity index (χ2n) is 6.20. The lowest BCUT2D eigenvalue weighted by molar-refractivity contribution is 0.305. The first-order valence-electron chi connectivity index (χ1n) is 8.18. The number of ether oxygens (including phenoxy) is 1. The van der Waals surface area contributed by atoms with Gasteiger partial charge in [-0.05, 0) is 35.4 Å². The molecule has 0 saturated carbocycles. The van der Waals surface area contributed by atoms with Crippen LogP contribution in [-0.4, -0.2) is 6.04 Å². The van der Waals surface area contributed by atoms with Gasteiger partial charge in [-0.1, -0.05) is 26.0 Å². The van der Waals surface area contributed by atoms with Gasteiger partial charge in [0.25, 0.3) is 0 Å². The zero-order chi connectivity index (χ0) is 17.8. The van der Waals surface area contributed by atoms with Gasteiger partial charge in [0.2, 0.25) is 0 Å². The van der Waals surface area contributed by atoms with Crippen molar-refractivity contribution in [3.8, 4) is 5.75 Å². The smallest absolute Gasteiger partial charge is 0.336 e. The molecular formula is C20H20FNO3. The van der Waals surface area contributed by atoms with Crippen LogP contribution < -0.4 is 15.7 Å². The molecule has 0 aliphatic heterocycles. The van der Waals surface area contributed by atoms with E-state index in [1.807, 2.05) is 26.0 Å². The third-order valence-electron chi connectivity index (χ3n) is 3.80. The maximum atomic E-state index is 13.2. The van der Waals surface area contributed by atoms with Gasteiger partial charge in [-0.15, -0.1) is 0 Å². The van der Waals surface area contributed by atoms with E-state index in [9.17, 15) is 9.18 Å². The molecule has 5 heteroatoms. The number of nitrogens with one attached hydrogen (secondary N) is 1. The molecule has 0 atom stereocenters. The van der Waals surface area contributed by atoms with E-state index in [0.29, 0.717) is 23.9 Å². The van der Waals surface area contributed by atoms with Crippen LogP contribution in [0.4, 0.5) is 4.39 Å². The standard InChI is InChI=1S/C20H20FNO3/c1-13(2)22-11-15-9-20(23)25-19-10-17(6-7-18(15)19)24-12-14-4-3-5-16(21)8-14/h3-10,13,22H,11-12H2,1-2H3. The molecule has 0 saturated heterocycles. The minimum atomic E-state index is -0.393. The van der Waals surface area contributed by atoms with Crippen LogP contribution in [0.25, 0.3) is 11.0 Å². The summed E-state index contributed by atoms with van der Waals surface area (Å²) in [5.41, 5.74) is 1.70. The Hall–Kier alpha value is -2.66. The second-order valence-corrected chi connectivity index (χ2v) is 6.20. The molecule has 0 fully saturated rings. The average molecular weight is 341 g/mol. The predicted octanol–water partition coefficient (Wildman–Crippen LogP) is 4.01. The van der Waals surface area contributed by atoms with Gasteiger partial charge < -0.3 is 14.5 Å². The molecule has 0 amide bonds. The Balaban J connectivity index is 1.83. The SMILES string of the molecule is CC(C)NCc1cc(=O)oc2cc(OCc3cccc(F)c3)ccc12. The van der Waals surface area contributed by atoms with Crippen molar-refractivity contribution in [2.75, 3.05) is 0 Å². The van der Waals surface area contributed by atoms with E-state index in [-0.39, 0.29) is 12.4 Å². The topological polar surface area (TPSA) is 51.5 Å². The van der Waals surface area contributed by atoms with Gasteiger partial charge in [0, 0.05) is 30.1 Å². The van der Waals surface area contributed by atoms with E-state index in [2.05, 4.69) is 5.32 Å². The van der Waals surface area contributed by atoms with E-state index >= 15 is 0 Å². The highest BCUT2D eigenvalue weighted by molar-refractivity contribution is 5.81. The van der Waals surface area contributed by atoms with E-state index in [4.69, 9.17) is 9.15 Å². The molecular weight excluding hydrogens is 321 g/mol. The van der Waals surface area contributed by atoms with E-state index < -0.39 is 5.63 Å². The van der Waals surface area contributed by atoms with Crippen LogP contribution in [0, 0.1) is 5.82 Å². The highest BCUT2D eigenvalue weighted by Gasteiger charge is 2.08. The highest BCUT2D eigenvalue weighted by Crippen LogP contribution is 2.23. The number of rotatable bonds is 6. The Morgan fingerprint density at radius 2 is 2.00 bits per heavy atom. The molecule has 0 bridgehead atoms. The summed E-state index contributed by atoms with van der Waals surface area (Å²) in [5.74, 6) is 0.266. The van der Waals surface area contributed by atoms with Crippen LogP contribution in [0.15, 0.2) is 57.7 Å². The van der Waals surface area contributed by atoms with Gasteiger partial charge in [-0.2, -0.15) is 0 Å². The summed E-state index contributed by atoms with van der Waals surface area (Å²) in [6.45, 7) is 4.92. The summed E-state index contributed by atoms with van der Waals surface area (Å²) >= 11 is 0. The average Bonchev–Trinajstić information content (AvgIpc) is 2.57. The van der Waals surface area contributed by atoms with Gasteiger partial charge in [-0.3, -0.25) is 0 Å². The molecule has 3 rings (SSSR count). The summed E-state index contributed by atoms with van der Waals surface area (Å²) in [6.07, 6.45) is 0. The van der Waals surface area contributed by atoms with E-state index in [1.165, 1.54) is 18.2 Å². The first-order valence-corrected chi connectivity index (χ1v) is 8.18. The molecule has 0 unspecified atom stereocenters. The van der Waals surface area contributed by atoms with Crippen molar-refractivity contribution in [3.05, 3.63) is 75.9 Å².